The van der Waals surface area contributed by atoms with E-state index in [1.165, 1.54) is 16.3 Å². The molecular weight excluding hydrogens is 244 g/mol. The summed E-state index contributed by atoms with van der Waals surface area (Å²) in [6.07, 6.45) is 1.89. The van der Waals surface area contributed by atoms with Crippen LogP contribution < -0.4 is 0 Å². The number of rotatable bonds is 1. The van der Waals surface area contributed by atoms with Gasteiger partial charge in [0.05, 0.1) is 11.2 Å². The molecule has 0 saturated heterocycles. The standard InChI is InChI=1S/C18H14N2/c1-12-5-4-6-13(11-12)17-18-15(9-10-19-17)14-7-2-3-8-16(14)20-18/h2-11,20H,1H3. The molecule has 0 saturated carbocycles. The van der Waals surface area contributed by atoms with Crippen molar-refractivity contribution in [2.24, 2.45) is 0 Å². The minimum Gasteiger partial charge on any atom is -0.353 e. The zero-order valence-corrected chi connectivity index (χ0v) is 11.2. The zero-order valence-electron chi connectivity index (χ0n) is 11.2. The lowest BCUT2D eigenvalue weighted by Gasteiger charge is -2.03. The molecule has 1 N–H and O–H groups in total. The van der Waals surface area contributed by atoms with Gasteiger partial charge in [0.25, 0.3) is 0 Å². The van der Waals surface area contributed by atoms with Gasteiger partial charge in [-0.05, 0) is 25.1 Å². The molecule has 0 aliphatic rings. The molecule has 2 heterocycles. The third kappa shape index (κ3) is 1.62. The first-order valence-corrected chi connectivity index (χ1v) is 6.75. The Kier molecular flexibility index (Phi) is 2.36. The number of benzene rings is 2. The Morgan fingerprint density at radius 3 is 2.70 bits per heavy atom. The summed E-state index contributed by atoms with van der Waals surface area (Å²) in [5, 5.41) is 2.48. The second-order valence-corrected chi connectivity index (χ2v) is 5.12. The van der Waals surface area contributed by atoms with Crippen molar-refractivity contribution in [3.05, 3.63) is 66.4 Å². The Labute approximate surface area is 117 Å². The van der Waals surface area contributed by atoms with Crippen LogP contribution >= 0.6 is 0 Å². The second kappa shape index (κ2) is 4.20. The molecule has 2 nitrogen and oxygen atoms in total. The van der Waals surface area contributed by atoms with Crippen molar-refractivity contribution in [1.82, 2.24) is 9.97 Å². The largest absolute Gasteiger partial charge is 0.353 e. The topological polar surface area (TPSA) is 28.7 Å². The molecule has 0 spiro atoms. The normalized spacial score (nSPS) is 11.2. The highest BCUT2D eigenvalue weighted by Crippen LogP contribution is 2.31. The van der Waals surface area contributed by atoms with Crippen molar-refractivity contribution in [3.63, 3.8) is 0 Å². The third-order valence-corrected chi connectivity index (χ3v) is 3.72. The van der Waals surface area contributed by atoms with Crippen LogP contribution in [0.25, 0.3) is 33.1 Å². The lowest BCUT2D eigenvalue weighted by Crippen LogP contribution is -1.85. The molecule has 96 valence electrons. The van der Waals surface area contributed by atoms with Gasteiger partial charge in [-0.1, -0.05) is 42.0 Å². The van der Waals surface area contributed by atoms with Gasteiger partial charge < -0.3 is 4.98 Å². The molecule has 20 heavy (non-hydrogen) atoms. The number of nitrogens with one attached hydrogen (secondary N) is 1. The van der Waals surface area contributed by atoms with Crippen molar-refractivity contribution in [2.75, 3.05) is 0 Å². The Morgan fingerprint density at radius 2 is 1.80 bits per heavy atom. The Hall–Kier alpha value is -2.61. The van der Waals surface area contributed by atoms with E-state index in [0.29, 0.717) is 0 Å². The minimum absolute atomic E-state index is 1.02. The number of aromatic amines is 1. The fourth-order valence-electron chi connectivity index (χ4n) is 2.79. The molecule has 2 aromatic carbocycles. The maximum Gasteiger partial charge on any atom is 0.0943 e. The van der Waals surface area contributed by atoms with Crippen LogP contribution in [0.2, 0.25) is 0 Å². The van der Waals surface area contributed by atoms with Gasteiger partial charge in [-0.15, -0.1) is 0 Å². The number of aryl methyl sites for hydroxylation is 1. The van der Waals surface area contributed by atoms with E-state index in [0.717, 1.165) is 22.3 Å². The molecular formula is C18H14N2. The number of fused-ring (bicyclic) bond motifs is 3. The van der Waals surface area contributed by atoms with Gasteiger partial charge >= 0.3 is 0 Å². The molecule has 0 radical (unpaired) electrons. The van der Waals surface area contributed by atoms with Gasteiger partial charge in [-0.3, -0.25) is 4.98 Å². The predicted molar refractivity (Wildman–Crippen MR) is 83.8 cm³/mol. The molecule has 0 amide bonds. The summed E-state index contributed by atoms with van der Waals surface area (Å²) in [5.41, 5.74) is 5.69. The number of pyridine rings is 1. The van der Waals surface area contributed by atoms with Crippen molar-refractivity contribution in [1.29, 1.82) is 0 Å². The molecule has 0 aliphatic heterocycles. The highest BCUT2D eigenvalue weighted by atomic mass is 14.8. The van der Waals surface area contributed by atoms with Gasteiger partial charge in [0.15, 0.2) is 0 Å². The monoisotopic (exact) mass is 258 g/mol. The number of nitrogens with zero attached hydrogens (tertiary/aromatic N) is 1. The van der Waals surface area contributed by atoms with Crippen molar-refractivity contribution >= 4 is 21.8 Å². The fourth-order valence-corrected chi connectivity index (χ4v) is 2.79. The number of H-pyrrole nitrogens is 1. The smallest absolute Gasteiger partial charge is 0.0943 e. The predicted octanol–water partition coefficient (Wildman–Crippen LogP) is 4.69. The first kappa shape index (κ1) is 11.2. The van der Waals surface area contributed by atoms with Gasteiger partial charge in [-0.2, -0.15) is 0 Å². The second-order valence-electron chi connectivity index (χ2n) is 5.12. The van der Waals surface area contributed by atoms with Crippen LogP contribution in [-0.4, -0.2) is 9.97 Å². The first-order valence-electron chi connectivity index (χ1n) is 6.75. The molecule has 0 aliphatic carbocycles. The summed E-state index contributed by atoms with van der Waals surface area (Å²) < 4.78 is 0. The van der Waals surface area contributed by atoms with Crippen LogP contribution in [0.4, 0.5) is 0 Å². The van der Waals surface area contributed by atoms with E-state index in [-0.39, 0.29) is 0 Å². The molecule has 2 heteroatoms. The molecule has 4 aromatic rings. The zero-order chi connectivity index (χ0) is 13.5. The molecule has 4 rings (SSSR count). The molecule has 0 unspecified atom stereocenters. The van der Waals surface area contributed by atoms with Gasteiger partial charge in [0.2, 0.25) is 0 Å². The summed E-state index contributed by atoms with van der Waals surface area (Å²) in [6, 6.07) is 18.9. The minimum atomic E-state index is 1.02. The van der Waals surface area contributed by atoms with Crippen LogP contribution in [0.3, 0.4) is 0 Å². The van der Waals surface area contributed by atoms with E-state index in [1.807, 2.05) is 6.20 Å². The highest BCUT2D eigenvalue weighted by molar-refractivity contribution is 6.10. The number of hydrogen-bond acceptors (Lipinski definition) is 1. The lowest BCUT2D eigenvalue weighted by atomic mass is 10.1. The van der Waals surface area contributed by atoms with E-state index in [4.69, 9.17) is 0 Å². The fraction of sp³-hybridized carbons (Fsp3) is 0.0556. The van der Waals surface area contributed by atoms with E-state index >= 15 is 0 Å². The number of para-hydroxylation sites is 1. The Morgan fingerprint density at radius 1 is 0.900 bits per heavy atom. The van der Waals surface area contributed by atoms with Crippen LogP contribution in [0.1, 0.15) is 5.56 Å². The van der Waals surface area contributed by atoms with Crippen molar-refractivity contribution < 1.29 is 0 Å². The van der Waals surface area contributed by atoms with Crippen LogP contribution in [0.5, 0.6) is 0 Å². The van der Waals surface area contributed by atoms with Crippen LogP contribution in [-0.2, 0) is 0 Å². The van der Waals surface area contributed by atoms with E-state index < -0.39 is 0 Å². The third-order valence-electron chi connectivity index (χ3n) is 3.72. The van der Waals surface area contributed by atoms with E-state index in [2.05, 4.69) is 71.5 Å². The molecule has 0 fully saturated rings. The maximum atomic E-state index is 4.58. The summed E-state index contributed by atoms with van der Waals surface area (Å²) >= 11 is 0. The van der Waals surface area contributed by atoms with E-state index in [1.54, 1.807) is 0 Å². The Bertz CT molecular complexity index is 919. The summed E-state index contributed by atoms with van der Waals surface area (Å²) in [7, 11) is 0. The lowest BCUT2D eigenvalue weighted by molar-refractivity contribution is 1.33. The SMILES string of the molecule is Cc1cccc(-c2nccc3c2[nH]c2ccccc23)c1. The molecule has 2 aromatic heterocycles. The van der Waals surface area contributed by atoms with Gasteiger partial charge in [0, 0.05) is 28.0 Å². The number of aromatic nitrogens is 2. The van der Waals surface area contributed by atoms with Gasteiger partial charge in [0.1, 0.15) is 0 Å². The average Bonchev–Trinajstić information content (AvgIpc) is 2.86. The average molecular weight is 258 g/mol. The Balaban J connectivity index is 2.10. The number of hydrogen-bond donors (Lipinski definition) is 1. The van der Waals surface area contributed by atoms with Crippen LogP contribution in [0, 0.1) is 6.92 Å². The molecule has 0 atom stereocenters. The quantitative estimate of drug-likeness (QED) is 0.527. The highest BCUT2D eigenvalue weighted by Gasteiger charge is 2.10. The van der Waals surface area contributed by atoms with E-state index in [9.17, 15) is 0 Å². The molecule has 0 bridgehead atoms. The van der Waals surface area contributed by atoms with Crippen molar-refractivity contribution in [3.8, 4) is 11.3 Å². The summed E-state index contributed by atoms with van der Waals surface area (Å²) in [4.78, 5) is 8.08. The van der Waals surface area contributed by atoms with Crippen molar-refractivity contribution in [2.45, 2.75) is 6.92 Å². The summed E-state index contributed by atoms with van der Waals surface area (Å²) in [6.45, 7) is 2.11. The first-order chi connectivity index (χ1) is 9.83. The van der Waals surface area contributed by atoms with Gasteiger partial charge in [-0.25, -0.2) is 0 Å². The maximum absolute atomic E-state index is 4.58. The summed E-state index contributed by atoms with van der Waals surface area (Å²) in [5.74, 6) is 0. The van der Waals surface area contributed by atoms with Crippen LogP contribution in [0.15, 0.2) is 60.8 Å².